The number of anilines is 1. The predicted molar refractivity (Wildman–Crippen MR) is 73.2 cm³/mol. The zero-order valence-electron chi connectivity index (χ0n) is 10.8. The van der Waals surface area contributed by atoms with E-state index in [2.05, 4.69) is 4.72 Å². The average Bonchev–Trinajstić information content (AvgIpc) is 2.30. The van der Waals surface area contributed by atoms with Crippen molar-refractivity contribution in [2.45, 2.75) is 26.3 Å². The zero-order valence-corrected chi connectivity index (χ0v) is 11.7. The van der Waals surface area contributed by atoms with Gasteiger partial charge in [-0.05, 0) is 17.7 Å². The quantitative estimate of drug-likeness (QED) is 0.814. The lowest BCUT2D eigenvalue weighted by atomic mass is 10.1. The van der Waals surface area contributed by atoms with Crippen molar-refractivity contribution in [1.29, 1.82) is 5.26 Å². The van der Waals surface area contributed by atoms with Gasteiger partial charge in [0.25, 0.3) is 0 Å². The van der Waals surface area contributed by atoms with E-state index in [9.17, 15) is 8.42 Å². The lowest BCUT2D eigenvalue weighted by Gasteiger charge is -2.14. The van der Waals surface area contributed by atoms with Crippen LogP contribution >= 0.6 is 0 Å². The number of nitrogens with zero attached hydrogens (tertiary/aromatic N) is 1. The summed E-state index contributed by atoms with van der Waals surface area (Å²) in [6.07, 6.45) is 1.14. The molecule has 0 saturated carbocycles. The summed E-state index contributed by atoms with van der Waals surface area (Å²) in [6.45, 7) is 4.00. The minimum Gasteiger partial charge on any atom is -0.399 e. The minimum absolute atomic E-state index is 0.0803. The third kappa shape index (κ3) is 6.23. The van der Waals surface area contributed by atoms with Crippen molar-refractivity contribution in [3.8, 4) is 6.07 Å². The number of benzene rings is 1. The monoisotopic (exact) mass is 269 g/mol. The zero-order chi connectivity index (χ0) is 14.2. The van der Waals surface area contributed by atoms with E-state index in [1.54, 1.807) is 24.3 Å². The summed E-state index contributed by atoms with van der Waals surface area (Å²) in [5.41, 5.74) is 6.84. The molecule has 1 rings (SSSR count). The Hall–Kier alpha value is -1.58. The molecule has 3 N–H and O–H groups in total. The van der Waals surface area contributed by atoms with Crippen LogP contribution in [-0.4, -0.2) is 14.7 Å². The molecule has 6 heteroatoms. The van der Waals surface area contributed by atoms with Crippen LogP contribution in [0.15, 0.2) is 24.3 Å². The molecule has 18 heavy (non-hydrogen) atoms. The number of rotatable bonds is 4. The van der Waals surface area contributed by atoms with Gasteiger partial charge in [0.1, 0.15) is 0 Å². The largest absolute Gasteiger partial charge is 0.399 e. The summed E-state index contributed by atoms with van der Waals surface area (Å²) in [4.78, 5) is 0. The van der Waals surface area contributed by atoms with Crippen molar-refractivity contribution in [3.05, 3.63) is 29.8 Å². The maximum absolute atomic E-state index is 11.1. The first kappa shape index (κ1) is 16.4. The fraction of sp³-hybridized carbons (Fsp3) is 0.417. The molecule has 5 nitrogen and oxygen atoms in total. The molecular formula is C12H19N3O2S. The Bertz CT molecular complexity index is 489. The van der Waals surface area contributed by atoms with Gasteiger partial charge in [0.2, 0.25) is 10.0 Å². The fourth-order valence-corrected chi connectivity index (χ4v) is 2.04. The smallest absolute Gasteiger partial charge is 0.209 e. The van der Waals surface area contributed by atoms with Crippen LogP contribution in [0.1, 0.15) is 31.9 Å². The van der Waals surface area contributed by atoms with Crippen LogP contribution < -0.4 is 10.5 Å². The van der Waals surface area contributed by atoms with Crippen LogP contribution in [0.4, 0.5) is 5.69 Å². The summed E-state index contributed by atoms with van der Waals surface area (Å²) >= 11 is 0. The summed E-state index contributed by atoms with van der Waals surface area (Å²) in [7, 11) is -3.34. The number of nitrogen functional groups attached to an aromatic ring is 1. The second kappa shape index (κ2) is 7.69. The van der Waals surface area contributed by atoms with E-state index in [1.807, 2.05) is 19.9 Å². The Morgan fingerprint density at radius 2 is 1.83 bits per heavy atom. The van der Waals surface area contributed by atoms with E-state index >= 15 is 0 Å². The molecule has 0 aliphatic carbocycles. The van der Waals surface area contributed by atoms with Gasteiger partial charge < -0.3 is 5.73 Å². The van der Waals surface area contributed by atoms with Crippen LogP contribution in [0, 0.1) is 11.3 Å². The molecule has 0 amide bonds. The summed E-state index contributed by atoms with van der Waals surface area (Å²) in [6, 6.07) is 8.17. The Kier molecular flexibility index (Phi) is 7.01. The highest BCUT2D eigenvalue weighted by Crippen LogP contribution is 2.18. The highest BCUT2D eigenvalue weighted by molar-refractivity contribution is 7.88. The third-order valence-electron chi connectivity index (χ3n) is 1.99. The number of hydrogen-bond donors (Lipinski definition) is 2. The van der Waals surface area contributed by atoms with Gasteiger partial charge in [-0.25, -0.2) is 13.1 Å². The SMILES string of the molecule is CC.CS(=O)(=O)NC(CC#N)c1ccc(N)cc1. The van der Waals surface area contributed by atoms with Crippen molar-refractivity contribution < 1.29 is 8.42 Å². The number of nitrogens with two attached hydrogens (primary N) is 1. The van der Waals surface area contributed by atoms with E-state index in [0.717, 1.165) is 11.8 Å². The Morgan fingerprint density at radius 3 is 2.22 bits per heavy atom. The van der Waals surface area contributed by atoms with Crippen LogP contribution in [0.5, 0.6) is 0 Å². The number of sulfonamides is 1. The predicted octanol–water partition coefficient (Wildman–Crippen LogP) is 1.80. The van der Waals surface area contributed by atoms with Crippen molar-refractivity contribution in [1.82, 2.24) is 4.72 Å². The molecule has 100 valence electrons. The van der Waals surface area contributed by atoms with Crippen molar-refractivity contribution in [3.63, 3.8) is 0 Å². The highest BCUT2D eigenvalue weighted by Gasteiger charge is 2.15. The van der Waals surface area contributed by atoms with Gasteiger partial charge in [-0.15, -0.1) is 0 Å². The van der Waals surface area contributed by atoms with Gasteiger partial charge in [0.05, 0.1) is 24.8 Å². The van der Waals surface area contributed by atoms with Crippen LogP contribution in [0.25, 0.3) is 0 Å². The van der Waals surface area contributed by atoms with Gasteiger partial charge >= 0.3 is 0 Å². The maximum Gasteiger partial charge on any atom is 0.209 e. The summed E-state index contributed by atoms with van der Waals surface area (Å²) in [5.74, 6) is 0. The van der Waals surface area contributed by atoms with Crippen molar-refractivity contribution >= 4 is 15.7 Å². The number of nitriles is 1. The molecule has 0 saturated heterocycles. The van der Waals surface area contributed by atoms with Gasteiger partial charge in [0, 0.05) is 5.69 Å². The normalized spacial score (nSPS) is 11.9. The molecule has 1 aromatic carbocycles. The van der Waals surface area contributed by atoms with Gasteiger partial charge in [-0.3, -0.25) is 0 Å². The standard InChI is InChI=1S/C10H13N3O2S.C2H6/c1-16(14,15)13-10(6-7-11)8-2-4-9(12)5-3-8;1-2/h2-5,10,13H,6,12H2,1H3;1-2H3. The molecule has 0 bridgehead atoms. The lowest BCUT2D eigenvalue weighted by Crippen LogP contribution is -2.27. The Labute approximate surface area is 109 Å². The first-order chi connectivity index (χ1) is 8.42. The molecule has 1 atom stereocenters. The van der Waals surface area contributed by atoms with Gasteiger partial charge in [-0.2, -0.15) is 5.26 Å². The molecule has 0 aliphatic rings. The minimum atomic E-state index is -3.34. The maximum atomic E-state index is 11.1. The van der Waals surface area contributed by atoms with E-state index in [1.165, 1.54) is 0 Å². The van der Waals surface area contributed by atoms with Crippen LogP contribution in [0.3, 0.4) is 0 Å². The first-order valence-electron chi connectivity index (χ1n) is 5.62. The topological polar surface area (TPSA) is 96.0 Å². The molecule has 0 fully saturated rings. The van der Waals surface area contributed by atoms with E-state index in [4.69, 9.17) is 11.0 Å². The average molecular weight is 269 g/mol. The molecule has 0 aliphatic heterocycles. The van der Waals surface area contributed by atoms with E-state index < -0.39 is 16.1 Å². The third-order valence-corrected chi connectivity index (χ3v) is 2.70. The molecule has 0 spiro atoms. The number of nitrogens with one attached hydrogen (secondary N) is 1. The van der Waals surface area contributed by atoms with E-state index in [-0.39, 0.29) is 6.42 Å². The number of hydrogen-bond acceptors (Lipinski definition) is 4. The van der Waals surface area contributed by atoms with Crippen LogP contribution in [0.2, 0.25) is 0 Å². The molecular weight excluding hydrogens is 250 g/mol. The summed E-state index contributed by atoms with van der Waals surface area (Å²) in [5, 5.41) is 8.64. The Morgan fingerprint density at radius 1 is 1.33 bits per heavy atom. The molecule has 0 aromatic heterocycles. The lowest BCUT2D eigenvalue weighted by molar-refractivity contribution is 0.565. The van der Waals surface area contributed by atoms with Crippen LogP contribution in [-0.2, 0) is 10.0 Å². The van der Waals surface area contributed by atoms with E-state index in [0.29, 0.717) is 5.69 Å². The molecule has 1 aromatic rings. The van der Waals surface area contributed by atoms with Crippen molar-refractivity contribution in [2.75, 3.05) is 12.0 Å². The van der Waals surface area contributed by atoms with Gasteiger partial charge in [-0.1, -0.05) is 26.0 Å². The van der Waals surface area contributed by atoms with Gasteiger partial charge in [0.15, 0.2) is 0 Å². The second-order valence-electron chi connectivity index (χ2n) is 3.47. The molecule has 0 radical (unpaired) electrons. The second-order valence-corrected chi connectivity index (χ2v) is 5.25. The highest BCUT2D eigenvalue weighted by atomic mass is 32.2. The Balaban J connectivity index is 0.00000137. The van der Waals surface area contributed by atoms with Crippen molar-refractivity contribution in [2.24, 2.45) is 0 Å². The molecule has 0 heterocycles. The fourth-order valence-electron chi connectivity index (χ4n) is 1.31. The first-order valence-corrected chi connectivity index (χ1v) is 7.51. The molecule has 1 unspecified atom stereocenters. The summed E-state index contributed by atoms with van der Waals surface area (Å²) < 4.78 is 24.6.